The van der Waals surface area contributed by atoms with E-state index in [1.807, 2.05) is 60.7 Å². The van der Waals surface area contributed by atoms with Gasteiger partial charge in [-0.3, -0.25) is 4.79 Å². The van der Waals surface area contributed by atoms with Gasteiger partial charge in [-0.15, -0.1) is 0 Å². The van der Waals surface area contributed by atoms with Gasteiger partial charge in [-0.1, -0.05) is 79.9 Å². The minimum Gasteiger partial charge on any atom is -0.369 e. The number of primary amides is 1. The number of nitrogens with two attached hydrogens (primary N) is 1. The zero-order valence-corrected chi connectivity index (χ0v) is 15.7. The van der Waals surface area contributed by atoms with Crippen LogP contribution in [0.1, 0.15) is 49.7 Å². The van der Waals surface area contributed by atoms with Gasteiger partial charge in [0.25, 0.3) is 0 Å². The minimum atomic E-state index is -0.786. The molecule has 2 N–H and O–H groups in total. The summed E-state index contributed by atoms with van der Waals surface area (Å²) in [5, 5.41) is 0. The first kappa shape index (κ1) is 18.7. The van der Waals surface area contributed by atoms with Crippen molar-refractivity contribution in [3.8, 4) is 0 Å². The summed E-state index contributed by atoms with van der Waals surface area (Å²) >= 11 is 0. The molecule has 1 aliphatic rings. The number of benzene rings is 2. The molecule has 2 aromatic carbocycles. The molecule has 1 fully saturated rings. The Morgan fingerprint density at radius 3 is 1.92 bits per heavy atom. The monoisotopic (exact) mass is 350 g/mol. The summed E-state index contributed by atoms with van der Waals surface area (Å²) in [6.45, 7) is 0.859. The van der Waals surface area contributed by atoms with Crippen LogP contribution in [0, 0.1) is 0 Å². The van der Waals surface area contributed by atoms with Crippen LogP contribution in [-0.4, -0.2) is 30.4 Å². The summed E-state index contributed by atoms with van der Waals surface area (Å²) in [5.74, 6) is -0.271. The molecule has 1 amide bonds. The molecule has 1 saturated carbocycles. The van der Waals surface area contributed by atoms with Gasteiger partial charge in [0.1, 0.15) is 0 Å². The van der Waals surface area contributed by atoms with E-state index in [9.17, 15) is 4.79 Å². The summed E-state index contributed by atoms with van der Waals surface area (Å²) < 4.78 is 0. The summed E-state index contributed by atoms with van der Waals surface area (Å²) in [6.07, 6.45) is 7.20. The van der Waals surface area contributed by atoms with E-state index in [1.165, 1.54) is 32.1 Å². The van der Waals surface area contributed by atoms with Crippen molar-refractivity contribution >= 4 is 5.91 Å². The van der Waals surface area contributed by atoms with Crippen molar-refractivity contribution in [3.63, 3.8) is 0 Å². The maximum absolute atomic E-state index is 12.8. The summed E-state index contributed by atoms with van der Waals surface area (Å²) in [5.41, 5.74) is 7.22. The zero-order chi connectivity index (χ0) is 18.4. The minimum absolute atomic E-state index is 0.271. The highest BCUT2D eigenvalue weighted by molar-refractivity contribution is 5.90. The van der Waals surface area contributed by atoms with E-state index >= 15 is 0 Å². The van der Waals surface area contributed by atoms with E-state index in [0.717, 1.165) is 17.7 Å². The summed E-state index contributed by atoms with van der Waals surface area (Å²) in [7, 11) is 2.19. The van der Waals surface area contributed by atoms with E-state index in [-0.39, 0.29) is 5.91 Å². The molecular weight excluding hydrogens is 320 g/mol. The van der Waals surface area contributed by atoms with Gasteiger partial charge in [-0.05, 0) is 44.0 Å². The molecule has 3 heteroatoms. The summed E-state index contributed by atoms with van der Waals surface area (Å²) in [6, 6.07) is 20.6. The van der Waals surface area contributed by atoms with E-state index < -0.39 is 5.41 Å². The topological polar surface area (TPSA) is 46.3 Å². The van der Waals surface area contributed by atoms with Crippen molar-refractivity contribution in [1.82, 2.24) is 4.90 Å². The average molecular weight is 351 g/mol. The van der Waals surface area contributed by atoms with Crippen molar-refractivity contribution in [2.45, 2.75) is 50.0 Å². The van der Waals surface area contributed by atoms with Gasteiger partial charge in [0.05, 0.1) is 5.41 Å². The average Bonchev–Trinajstić information content (AvgIpc) is 2.70. The second kappa shape index (κ2) is 8.50. The van der Waals surface area contributed by atoms with Gasteiger partial charge >= 0.3 is 0 Å². The second-order valence-electron chi connectivity index (χ2n) is 7.52. The fourth-order valence-corrected chi connectivity index (χ4v) is 4.36. The van der Waals surface area contributed by atoms with Crippen LogP contribution in [-0.2, 0) is 10.2 Å². The van der Waals surface area contributed by atoms with Crippen LogP contribution < -0.4 is 5.73 Å². The predicted octanol–water partition coefficient (Wildman–Crippen LogP) is 4.11. The molecule has 1 aliphatic carbocycles. The normalized spacial score (nSPS) is 15.9. The van der Waals surface area contributed by atoms with Crippen LogP contribution in [0.2, 0.25) is 0 Å². The number of carbonyl (C=O) groups is 1. The van der Waals surface area contributed by atoms with Crippen LogP contribution in [0.3, 0.4) is 0 Å². The Hall–Kier alpha value is -2.13. The Labute approximate surface area is 157 Å². The van der Waals surface area contributed by atoms with Gasteiger partial charge in [0.15, 0.2) is 0 Å². The lowest BCUT2D eigenvalue weighted by atomic mass is 9.71. The molecule has 0 unspecified atom stereocenters. The molecule has 26 heavy (non-hydrogen) atoms. The highest BCUT2D eigenvalue weighted by atomic mass is 16.1. The number of hydrogen-bond donors (Lipinski definition) is 1. The predicted molar refractivity (Wildman–Crippen MR) is 107 cm³/mol. The highest BCUT2D eigenvalue weighted by Crippen LogP contribution is 2.36. The highest BCUT2D eigenvalue weighted by Gasteiger charge is 2.40. The van der Waals surface area contributed by atoms with Gasteiger partial charge < -0.3 is 10.6 Å². The summed E-state index contributed by atoms with van der Waals surface area (Å²) in [4.78, 5) is 15.2. The van der Waals surface area contributed by atoms with E-state index in [0.29, 0.717) is 12.5 Å². The van der Waals surface area contributed by atoms with E-state index in [4.69, 9.17) is 5.73 Å². The molecule has 138 valence electrons. The fourth-order valence-electron chi connectivity index (χ4n) is 4.36. The quantitative estimate of drug-likeness (QED) is 0.817. The Morgan fingerprint density at radius 1 is 0.962 bits per heavy atom. The molecular formula is C23H30N2O. The third-order valence-corrected chi connectivity index (χ3v) is 5.99. The Morgan fingerprint density at radius 2 is 1.46 bits per heavy atom. The van der Waals surface area contributed by atoms with Crippen molar-refractivity contribution in [2.75, 3.05) is 13.6 Å². The van der Waals surface area contributed by atoms with Crippen molar-refractivity contribution in [1.29, 1.82) is 0 Å². The van der Waals surface area contributed by atoms with Crippen LogP contribution >= 0.6 is 0 Å². The van der Waals surface area contributed by atoms with Gasteiger partial charge in [0, 0.05) is 6.04 Å². The smallest absolute Gasteiger partial charge is 0.232 e. The maximum Gasteiger partial charge on any atom is 0.232 e. The number of carbonyl (C=O) groups excluding carboxylic acids is 1. The number of amides is 1. The van der Waals surface area contributed by atoms with Crippen molar-refractivity contribution in [3.05, 3.63) is 71.8 Å². The van der Waals surface area contributed by atoms with Crippen LogP contribution in [0.15, 0.2) is 60.7 Å². The zero-order valence-electron chi connectivity index (χ0n) is 15.7. The molecule has 3 rings (SSSR count). The number of nitrogens with zero attached hydrogens (tertiary/aromatic N) is 1. The molecule has 0 radical (unpaired) electrons. The van der Waals surface area contributed by atoms with Crippen molar-refractivity contribution in [2.24, 2.45) is 5.73 Å². The number of rotatable bonds is 7. The van der Waals surface area contributed by atoms with Crippen molar-refractivity contribution < 1.29 is 4.79 Å². The van der Waals surface area contributed by atoms with Gasteiger partial charge in [0.2, 0.25) is 5.91 Å². The first-order valence-electron chi connectivity index (χ1n) is 9.76. The Balaban J connectivity index is 1.91. The molecule has 0 atom stereocenters. The third-order valence-electron chi connectivity index (χ3n) is 5.99. The van der Waals surface area contributed by atoms with Crippen LogP contribution in [0.25, 0.3) is 0 Å². The molecule has 0 saturated heterocycles. The van der Waals surface area contributed by atoms with Gasteiger partial charge in [-0.25, -0.2) is 0 Å². The lowest BCUT2D eigenvalue weighted by Gasteiger charge is -2.36. The van der Waals surface area contributed by atoms with E-state index in [1.54, 1.807) is 0 Å². The SMILES string of the molecule is CN(CCC(C(N)=O)(c1ccccc1)c1ccccc1)C1CCCCC1. The van der Waals surface area contributed by atoms with Crippen LogP contribution in [0.4, 0.5) is 0 Å². The molecule has 0 aromatic heterocycles. The Bertz CT molecular complexity index is 653. The molecule has 0 bridgehead atoms. The van der Waals surface area contributed by atoms with Gasteiger partial charge in [-0.2, -0.15) is 0 Å². The molecule has 0 spiro atoms. The third kappa shape index (κ3) is 3.83. The lowest BCUT2D eigenvalue weighted by molar-refractivity contribution is -0.122. The standard InChI is InChI=1S/C23H30N2O/c1-25(21-15-9-4-10-16-21)18-17-23(22(24)26,19-11-5-2-6-12-19)20-13-7-3-8-14-20/h2-3,5-8,11-14,21H,4,9-10,15-18H2,1H3,(H2,24,26). The first-order chi connectivity index (χ1) is 12.6. The van der Waals surface area contributed by atoms with Crippen LogP contribution in [0.5, 0.6) is 0 Å². The molecule has 2 aromatic rings. The molecule has 0 heterocycles. The lowest BCUT2D eigenvalue weighted by Crippen LogP contribution is -2.46. The largest absolute Gasteiger partial charge is 0.369 e. The fraction of sp³-hybridized carbons (Fsp3) is 0.435. The Kier molecular flexibility index (Phi) is 6.10. The molecule has 0 aliphatic heterocycles. The maximum atomic E-state index is 12.8. The second-order valence-corrected chi connectivity index (χ2v) is 7.52. The van der Waals surface area contributed by atoms with E-state index in [2.05, 4.69) is 11.9 Å². The number of hydrogen-bond acceptors (Lipinski definition) is 2. The first-order valence-corrected chi connectivity index (χ1v) is 9.76. The molecule has 3 nitrogen and oxygen atoms in total.